The van der Waals surface area contributed by atoms with Crippen molar-refractivity contribution in [1.82, 2.24) is 20.2 Å². The van der Waals surface area contributed by atoms with E-state index in [1.54, 1.807) is 0 Å². The number of benzene rings is 1. The van der Waals surface area contributed by atoms with Crippen molar-refractivity contribution in [3.63, 3.8) is 0 Å². The molecule has 3 heterocycles. The van der Waals surface area contributed by atoms with Crippen LogP contribution in [0.15, 0.2) is 48.0 Å². The molecule has 7 nitrogen and oxygen atoms in total. The summed E-state index contributed by atoms with van der Waals surface area (Å²) in [6.45, 7) is 10.4. The molecule has 1 amide bonds. The number of carbonyl (C=O) groups excluding carboxylic acids is 1. The predicted octanol–water partition coefficient (Wildman–Crippen LogP) is 3.43. The molecule has 2 aromatic heterocycles. The summed E-state index contributed by atoms with van der Waals surface area (Å²) in [4.78, 5) is 26.3. The van der Waals surface area contributed by atoms with Gasteiger partial charge < -0.3 is 19.9 Å². The number of rotatable bonds is 9. The predicted molar refractivity (Wildman–Crippen MR) is 132 cm³/mol. The minimum Gasteiger partial charge on any atom is -0.486 e. The topological polar surface area (TPSA) is 70.6 Å². The van der Waals surface area contributed by atoms with E-state index in [1.807, 2.05) is 54.9 Å². The number of nitrogens with zero attached hydrogens (tertiary/aromatic N) is 4. The minimum absolute atomic E-state index is 0.0499. The van der Waals surface area contributed by atoms with Gasteiger partial charge in [0.25, 0.3) is 0 Å². The van der Waals surface area contributed by atoms with Crippen molar-refractivity contribution in [3.05, 3.63) is 69.8 Å². The van der Waals surface area contributed by atoms with Gasteiger partial charge in [0.15, 0.2) is 0 Å². The number of anilines is 1. The number of aryl methyl sites for hydroxylation is 1. The number of ether oxygens (including phenoxy) is 1. The van der Waals surface area contributed by atoms with Crippen molar-refractivity contribution in [2.24, 2.45) is 0 Å². The molecule has 1 N–H and O–H groups in total. The number of hydrogen-bond acceptors (Lipinski definition) is 7. The molecular formula is C25H31N5O2S. The zero-order valence-corrected chi connectivity index (χ0v) is 20.1. The molecule has 0 saturated carbocycles. The molecule has 1 aromatic carbocycles. The summed E-state index contributed by atoms with van der Waals surface area (Å²) >= 11 is 1.51. The zero-order valence-electron chi connectivity index (χ0n) is 19.3. The molecule has 1 aliphatic heterocycles. The number of likely N-dealkylation sites (N-methyl/N-ethyl adjacent to an activating group) is 1. The summed E-state index contributed by atoms with van der Waals surface area (Å²) in [5.74, 6) is 1.77. The first kappa shape index (κ1) is 23.2. The Balaban J connectivity index is 1.20. The molecule has 3 aromatic rings. The molecule has 4 rings (SSSR count). The maximum atomic E-state index is 12.4. The van der Waals surface area contributed by atoms with Gasteiger partial charge in [-0.05, 0) is 37.2 Å². The van der Waals surface area contributed by atoms with Crippen LogP contribution < -0.4 is 15.0 Å². The Morgan fingerprint density at radius 1 is 1.12 bits per heavy atom. The molecule has 0 bridgehead atoms. The maximum Gasteiger partial charge on any atom is 0.226 e. The summed E-state index contributed by atoms with van der Waals surface area (Å²) in [6, 6.07) is 12.0. The molecule has 0 radical (unpaired) electrons. The quantitative estimate of drug-likeness (QED) is 0.522. The van der Waals surface area contributed by atoms with Gasteiger partial charge in [0.1, 0.15) is 23.2 Å². The standard InChI is InChI=1S/C25H31N5O2S/c1-3-29-10-12-30(13-11-29)23-9-6-20(15-26-23)16-27-24(31)14-21-18-33-25(28-21)17-32-22-7-4-19(2)5-8-22/h4-9,15,18H,3,10-14,16-17H2,1-2H3,(H,27,31). The van der Waals surface area contributed by atoms with E-state index in [4.69, 9.17) is 4.74 Å². The Morgan fingerprint density at radius 3 is 2.61 bits per heavy atom. The third-order valence-electron chi connectivity index (χ3n) is 5.77. The highest BCUT2D eigenvalue weighted by atomic mass is 32.1. The summed E-state index contributed by atoms with van der Waals surface area (Å²) in [7, 11) is 0. The maximum absolute atomic E-state index is 12.4. The molecule has 0 aliphatic carbocycles. The number of amides is 1. The van der Waals surface area contributed by atoms with Crippen LogP contribution in [0.5, 0.6) is 5.75 Å². The molecule has 1 fully saturated rings. The van der Waals surface area contributed by atoms with Crippen molar-refractivity contribution in [2.45, 2.75) is 33.4 Å². The number of pyridine rings is 1. The highest BCUT2D eigenvalue weighted by Gasteiger charge is 2.16. The lowest BCUT2D eigenvalue weighted by Gasteiger charge is -2.34. The summed E-state index contributed by atoms with van der Waals surface area (Å²) in [6.07, 6.45) is 2.11. The van der Waals surface area contributed by atoms with Gasteiger partial charge in [0, 0.05) is 44.3 Å². The smallest absolute Gasteiger partial charge is 0.226 e. The average molecular weight is 466 g/mol. The van der Waals surface area contributed by atoms with Crippen molar-refractivity contribution in [1.29, 1.82) is 0 Å². The van der Waals surface area contributed by atoms with Crippen LogP contribution >= 0.6 is 11.3 Å². The molecular weight excluding hydrogens is 434 g/mol. The molecule has 1 saturated heterocycles. The van der Waals surface area contributed by atoms with Crippen LogP contribution in [0.1, 0.15) is 28.8 Å². The minimum atomic E-state index is -0.0499. The summed E-state index contributed by atoms with van der Waals surface area (Å²) in [5.41, 5.74) is 2.95. The van der Waals surface area contributed by atoms with E-state index in [-0.39, 0.29) is 12.3 Å². The fraction of sp³-hybridized carbons (Fsp3) is 0.400. The normalized spacial score (nSPS) is 14.3. The van der Waals surface area contributed by atoms with Gasteiger partial charge in [-0.25, -0.2) is 9.97 Å². The Kier molecular flexibility index (Phi) is 7.91. The molecule has 33 heavy (non-hydrogen) atoms. The van der Waals surface area contributed by atoms with Gasteiger partial charge in [0.05, 0.1) is 12.1 Å². The van der Waals surface area contributed by atoms with Crippen molar-refractivity contribution in [3.8, 4) is 5.75 Å². The van der Waals surface area contributed by atoms with Crippen LogP contribution in [0.2, 0.25) is 0 Å². The SMILES string of the molecule is CCN1CCN(c2ccc(CNC(=O)Cc3csc(COc4ccc(C)cc4)n3)cn2)CC1. The Bertz CT molecular complexity index is 1030. The Hall–Kier alpha value is -2.97. The van der Waals surface area contributed by atoms with Gasteiger partial charge in [0.2, 0.25) is 5.91 Å². The third-order valence-corrected chi connectivity index (χ3v) is 6.64. The largest absolute Gasteiger partial charge is 0.486 e. The van der Waals surface area contributed by atoms with E-state index in [1.165, 1.54) is 16.9 Å². The van der Waals surface area contributed by atoms with Crippen molar-refractivity contribution < 1.29 is 9.53 Å². The highest BCUT2D eigenvalue weighted by molar-refractivity contribution is 7.09. The Morgan fingerprint density at radius 2 is 1.91 bits per heavy atom. The van der Waals surface area contributed by atoms with Gasteiger partial charge in [-0.15, -0.1) is 11.3 Å². The lowest BCUT2D eigenvalue weighted by molar-refractivity contribution is -0.120. The Labute approximate surface area is 199 Å². The molecule has 8 heteroatoms. The van der Waals surface area contributed by atoms with Gasteiger partial charge >= 0.3 is 0 Å². The van der Waals surface area contributed by atoms with Crippen molar-refractivity contribution >= 4 is 23.1 Å². The van der Waals surface area contributed by atoms with Gasteiger partial charge in [-0.2, -0.15) is 0 Å². The van der Waals surface area contributed by atoms with Crippen LogP contribution in [0.4, 0.5) is 5.82 Å². The number of nitrogens with one attached hydrogen (secondary N) is 1. The number of hydrogen-bond donors (Lipinski definition) is 1. The third kappa shape index (κ3) is 6.76. The highest BCUT2D eigenvalue weighted by Crippen LogP contribution is 2.17. The van der Waals surface area contributed by atoms with Gasteiger partial charge in [-0.1, -0.05) is 30.7 Å². The zero-order chi connectivity index (χ0) is 23.0. The van der Waals surface area contributed by atoms with Gasteiger partial charge in [-0.3, -0.25) is 4.79 Å². The second kappa shape index (κ2) is 11.2. The second-order valence-electron chi connectivity index (χ2n) is 8.23. The fourth-order valence-electron chi connectivity index (χ4n) is 3.71. The van der Waals surface area contributed by atoms with Crippen LogP contribution in [0.25, 0.3) is 0 Å². The van der Waals surface area contributed by atoms with E-state index in [0.29, 0.717) is 13.2 Å². The number of piperazine rings is 1. The number of thiazole rings is 1. The average Bonchev–Trinajstić information content (AvgIpc) is 3.30. The van der Waals surface area contributed by atoms with E-state index in [0.717, 1.165) is 60.6 Å². The second-order valence-corrected chi connectivity index (χ2v) is 9.18. The summed E-state index contributed by atoms with van der Waals surface area (Å²) < 4.78 is 5.77. The van der Waals surface area contributed by atoms with Crippen molar-refractivity contribution in [2.75, 3.05) is 37.6 Å². The van der Waals surface area contributed by atoms with E-state index >= 15 is 0 Å². The van der Waals surface area contributed by atoms with E-state index < -0.39 is 0 Å². The van der Waals surface area contributed by atoms with E-state index in [2.05, 4.69) is 32.0 Å². The number of aromatic nitrogens is 2. The van der Waals surface area contributed by atoms with Crippen LogP contribution in [0.3, 0.4) is 0 Å². The molecule has 1 aliphatic rings. The molecule has 0 unspecified atom stereocenters. The molecule has 0 spiro atoms. The first-order valence-electron chi connectivity index (χ1n) is 11.4. The lowest BCUT2D eigenvalue weighted by atomic mass is 10.2. The monoisotopic (exact) mass is 465 g/mol. The van der Waals surface area contributed by atoms with Crippen LogP contribution in [-0.2, 0) is 24.4 Å². The summed E-state index contributed by atoms with van der Waals surface area (Å²) in [5, 5.41) is 5.74. The lowest BCUT2D eigenvalue weighted by Crippen LogP contribution is -2.46. The first-order valence-corrected chi connectivity index (χ1v) is 12.3. The number of carbonyl (C=O) groups is 1. The fourth-order valence-corrected chi connectivity index (χ4v) is 4.41. The first-order chi connectivity index (χ1) is 16.1. The molecule has 174 valence electrons. The van der Waals surface area contributed by atoms with Crippen LogP contribution in [0, 0.1) is 6.92 Å². The van der Waals surface area contributed by atoms with Crippen LogP contribution in [-0.4, -0.2) is 53.5 Å². The van der Waals surface area contributed by atoms with E-state index in [9.17, 15) is 4.79 Å². The molecule has 0 atom stereocenters.